The van der Waals surface area contributed by atoms with Gasteiger partial charge in [0.15, 0.2) is 12.4 Å². The van der Waals surface area contributed by atoms with Gasteiger partial charge in [-0.25, -0.2) is 0 Å². The monoisotopic (exact) mass is 467 g/mol. The summed E-state index contributed by atoms with van der Waals surface area (Å²) in [7, 11) is 0. The maximum Gasteiger partial charge on any atom is 0.256 e. The molecule has 3 aromatic rings. The van der Waals surface area contributed by atoms with Crippen LogP contribution in [0.25, 0.3) is 11.6 Å². The number of Topliss-reactive ketones (excluding diaryl/α,β-unsaturated/α-hetero) is 1. The van der Waals surface area contributed by atoms with E-state index in [1.165, 1.54) is 0 Å². The third-order valence-electron chi connectivity index (χ3n) is 4.49. The van der Waals surface area contributed by atoms with Crippen LogP contribution in [0.1, 0.15) is 21.5 Å². The van der Waals surface area contributed by atoms with Gasteiger partial charge < -0.3 is 10.1 Å². The van der Waals surface area contributed by atoms with Gasteiger partial charge in [0.2, 0.25) is 0 Å². The van der Waals surface area contributed by atoms with Crippen molar-refractivity contribution in [3.63, 3.8) is 0 Å². The van der Waals surface area contributed by atoms with E-state index >= 15 is 0 Å². The van der Waals surface area contributed by atoms with E-state index in [-0.39, 0.29) is 18.3 Å². The maximum absolute atomic E-state index is 12.3. The van der Waals surface area contributed by atoms with Crippen LogP contribution >= 0.6 is 27.5 Å². The van der Waals surface area contributed by atoms with E-state index in [4.69, 9.17) is 16.3 Å². The molecule has 0 saturated heterocycles. The topological polar surface area (TPSA) is 55.4 Å². The molecule has 1 aliphatic heterocycles. The number of carbonyl (C=O) groups is 2. The van der Waals surface area contributed by atoms with Crippen LogP contribution in [0.2, 0.25) is 5.02 Å². The van der Waals surface area contributed by atoms with E-state index in [2.05, 4.69) is 21.2 Å². The molecule has 4 nitrogen and oxygen atoms in total. The minimum absolute atomic E-state index is 0.0430. The van der Waals surface area contributed by atoms with Crippen LogP contribution in [0.5, 0.6) is 5.75 Å². The van der Waals surface area contributed by atoms with Crippen molar-refractivity contribution >= 4 is 56.6 Å². The summed E-state index contributed by atoms with van der Waals surface area (Å²) in [6, 6.07) is 19.7. The fourth-order valence-corrected chi connectivity index (χ4v) is 3.44. The van der Waals surface area contributed by atoms with Crippen molar-refractivity contribution in [2.75, 3.05) is 11.9 Å². The van der Waals surface area contributed by atoms with Gasteiger partial charge in [-0.05, 0) is 48.0 Å². The zero-order valence-corrected chi connectivity index (χ0v) is 17.5. The van der Waals surface area contributed by atoms with Crippen molar-refractivity contribution in [3.05, 3.63) is 92.9 Å². The van der Waals surface area contributed by atoms with Crippen LogP contribution in [0.4, 0.5) is 5.69 Å². The lowest BCUT2D eigenvalue weighted by Crippen LogP contribution is -2.11. The average molecular weight is 469 g/mol. The number of anilines is 1. The highest BCUT2D eigenvalue weighted by molar-refractivity contribution is 9.10. The normalized spacial score (nSPS) is 13.9. The molecule has 3 aromatic carbocycles. The van der Waals surface area contributed by atoms with Crippen molar-refractivity contribution in [2.45, 2.75) is 0 Å². The number of rotatable bonds is 5. The van der Waals surface area contributed by atoms with E-state index in [1.807, 2.05) is 36.4 Å². The zero-order chi connectivity index (χ0) is 20.4. The number of amides is 1. The smallest absolute Gasteiger partial charge is 0.256 e. The van der Waals surface area contributed by atoms with Crippen LogP contribution in [0.3, 0.4) is 0 Å². The van der Waals surface area contributed by atoms with Crippen molar-refractivity contribution < 1.29 is 14.3 Å². The molecule has 0 bridgehead atoms. The average Bonchev–Trinajstić information content (AvgIpc) is 3.02. The third kappa shape index (κ3) is 4.42. The molecule has 0 spiro atoms. The third-order valence-corrected chi connectivity index (χ3v) is 5.26. The van der Waals surface area contributed by atoms with Gasteiger partial charge in [0.25, 0.3) is 5.91 Å². The Labute approximate surface area is 181 Å². The molecule has 29 heavy (non-hydrogen) atoms. The molecule has 1 N–H and O–H groups in total. The molecule has 6 heteroatoms. The maximum atomic E-state index is 12.3. The van der Waals surface area contributed by atoms with Crippen LogP contribution in [-0.4, -0.2) is 18.3 Å². The number of carbonyl (C=O) groups excluding carboxylic acids is 2. The molecular weight excluding hydrogens is 454 g/mol. The fraction of sp³-hybridized carbons (Fsp3) is 0.0435. The summed E-state index contributed by atoms with van der Waals surface area (Å²) in [5.74, 6) is 0.324. The van der Waals surface area contributed by atoms with E-state index in [0.717, 1.165) is 15.6 Å². The Morgan fingerprint density at radius 2 is 1.76 bits per heavy atom. The van der Waals surface area contributed by atoms with Gasteiger partial charge in [-0.15, -0.1) is 0 Å². The quantitative estimate of drug-likeness (QED) is 0.377. The first-order chi connectivity index (χ1) is 14.0. The molecule has 0 fully saturated rings. The lowest BCUT2D eigenvalue weighted by Gasteiger charge is -2.06. The van der Waals surface area contributed by atoms with Crippen molar-refractivity contribution in [1.82, 2.24) is 0 Å². The first-order valence-electron chi connectivity index (χ1n) is 8.84. The van der Waals surface area contributed by atoms with E-state index < -0.39 is 0 Å². The number of halogens is 2. The SMILES string of the molecule is O=C1Nc2cc(Cl)ccc2C1=Cc1ccc(OCC(=O)c2ccc(Br)cc2)cc1. The van der Waals surface area contributed by atoms with Crippen LogP contribution in [0, 0.1) is 0 Å². The molecule has 0 atom stereocenters. The first-order valence-corrected chi connectivity index (χ1v) is 10.0. The molecule has 1 aliphatic rings. The van der Waals surface area contributed by atoms with E-state index in [9.17, 15) is 9.59 Å². The van der Waals surface area contributed by atoms with Gasteiger partial charge in [0.1, 0.15) is 5.75 Å². The Balaban J connectivity index is 1.45. The lowest BCUT2D eigenvalue weighted by atomic mass is 10.0. The van der Waals surface area contributed by atoms with E-state index in [1.54, 1.807) is 36.4 Å². The molecule has 1 heterocycles. The second-order valence-corrected chi connectivity index (χ2v) is 7.84. The Morgan fingerprint density at radius 1 is 1.03 bits per heavy atom. The zero-order valence-electron chi connectivity index (χ0n) is 15.1. The number of hydrogen-bond donors (Lipinski definition) is 1. The molecule has 0 unspecified atom stereocenters. The molecule has 0 aromatic heterocycles. The predicted octanol–water partition coefficient (Wildman–Crippen LogP) is 5.86. The lowest BCUT2D eigenvalue weighted by molar-refractivity contribution is -0.110. The van der Waals surface area contributed by atoms with Crippen LogP contribution in [0.15, 0.2) is 71.2 Å². The molecule has 144 valence electrons. The van der Waals surface area contributed by atoms with Crippen molar-refractivity contribution in [3.8, 4) is 5.75 Å². The second kappa shape index (κ2) is 8.23. The summed E-state index contributed by atoms with van der Waals surface area (Å²) in [6.45, 7) is -0.0430. The summed E-state index contributed by atoms with van der Waals surface area (Å²) in [6.07, 6.45) is 1.81. The summed E-state index contributed by atoms with van der Waals surface area (Å²) < 4.78 is 6.51. The van der Waals surface area contributed by atoms with Crippen LogP contribution < -0.4 is 10.1 Å². The summed E-state index contributed by atoms with van der Waals surface area (Å²) in [5.41, 5.74) is 3.56. The summed E-state index contributed by atoms with van der Waals surface area (Å²) in [5, 5.41) is 3.39. The van der Waals surface area contributed by atoms with Crippen LogP contribution in [-0.2, 0) is 4.79 Å². The van der Waals surface area contributed by atoms with E-state index in [0.29, 0.717) is 27.6 Å². The van der Waals surface area contributed by atoms with Gasteiger partial charge in [0, 0.05) is 26.2 Å². The summed E-state index contributed by atoms with van der Waals surface area (Å²) >= 11 is 9.33. The van der Waals surface area contributed by atoms with Crippen molar-refractivity contribution in [1.29, 1.82) is 0 Å². The highest BCUT2D eigenvalue weighted by atomic mass is 79.9. The molecular formula is C23H15BrClNO3. The Bertz CT molecular complexity index is 1120. The molecule has 4 rings (SSSR count). The fourth-order valence-electron chi connectivity index (χ4n) is 3.00. The van der Waals surface area contributed by atoms with Crippen molar-refractivity contribution in [2.24, 2.45) is 0 Å². The molecule has 0 radical (unpaired) electrons. The summed E-state index contributed by atoms with van der Waals surface area (Å²) in [4.78, 5) is 24.5. The number of hydrogen-bond acceptors (Lipinski definition) is 3. The second-order valence-electron chi connectivity index (χ2n) is 6.49. The number of benzene rings is 3. The highest BCUT2D eigenvalue weighted by Crippen LogP contribution is 2.35. The number of ether oxygens (including phenoxy) is 1. The minimum atomic E-state index is -0.164. The first kappa shape index (κ1) is 19.4. The Kier molecular flexibility index (Phi) is 5.51. The number of nitrogens with one attached hydrogen (secondary N) is 1. The van der Waals surface area contributed by atoms with Gasteiger partial charge in [-0.2, -0.15) is 0 Å². The Morgan fingerprint density at radius 3 is 2.48 bits per heavy atom. The molecule has 0 saturated carbocycles. The van der Waals surface area contributed by atoms with Gasteiger partial charge in [-0.3, -0.25) is 9.59 Å². The van der Waals surface area contributed by atoms with Gasteiger partial charge in [0.05, 0.1) is 5.69 Å². The van der Waals surface area contributed by atoms with Gasteiger partial charge in [-0.1, -0.05) is 57.9 Å². The predicted molar refractivity (Wildman–Crippen MR) is 118 cm³/mol. The minimum Gasteiger partial charge on any atom is -0.485 e. The highest BCUT2D eigenvalue weighted by Gasteiger charge is 2.24. The molecule has 0 aliphatic carbocycles. The molecule has 1 amide bonds. The number of fused-ring (bicyclic) bond motifs is 1. The van der Waals surface area contributed by atoms with Gasteiger partial charge >= 0.3 is 0 Å². The Hall–Kier alpha value is -2.89. The number of ketones is 1. The standard InChI is InChI=1S/C23H15BrClNO3/c24-16-5-3-15(4-6-16)22(27)13-29-18-8-1-14(2-9-18)11-20-19-10-7-17(25)12-21(19)26-23(20)28/h1-12H,13H2,(H,26,28). The largest absolute Gasteiger partial charge is 0.485 e.